The molecule has 6 heteroatoms. The van der Waals surface area contributed by atoms with Gasteiger partial charge < -0.3 is 5.73 Å². The Kier molecular flexibility index (Phi) is 3.28. The van der Waals surface area contributed by atoms with Crippen molar-refractivity contribution in [2.45, 2.75) is 27.2 Å². The van der Waals surface area contributed by atoms with Crippen LogP contribution in [0.25, 0.3) is 16.9 Å². The number of aryl methyl sites for hydroxylation is 4. The van der Waals surface area contributed by atoms with E-state index in [1.807, 2.05) is 16.3 Å². The predicted octanol–water partition coefficient (Wildman–Crippen LogP) is 3.28. The maximum absolute atomic E-state index is 6.16. The average molecular weight is 348 g/mol. The fraction of sp³-hybridized carbons (Fsp3) is 0.333. The SMILES string of the molecule is CCc1nn(C)c2c1nc(N)n2-c1cc(C)c(Br)c(C)c1. The largest absolute Gasteiger partial charge is 0.369 e. The van der Waals surface area contributed by atoms with Gasteiger partial charge in [0.15, 0.2) is 5.65 Å². The number of nitrogens with zero attached hydrogens (tertiary/aromatic N) is 4. The molecule has 0 atom stereocenters. The van der Waals surface area contributed by atoms with Crippen molar-refractivity contribution in [1.82, 2.24) is 19.3 Å². The van der Waals surface area contributed by atoms with Gasteiger partial charge in [-0.05, 0) is 43.5 Å². The lowest BCUT2D eigenvalue weighted by Crippen LogP contribution is -2.05. The monoisotopic (exact) mass is 347 g/mol. The van der Waals surface area contributed by atoms with Crippen LogP contribution in [0.1, 0.15) is 23.7 Å². The number of hydrogen-bond acceptors (Lipinski definition) is 3. The average Bonchev–Trinajstić information content (AvgIpc) is 2.92. The summed E-state index contributed by atoms with van der Waals surface area (Å²) in [6.07, 6.45) is 0.839. The minimum atomic E-state index is 0.494. The van der Waals surface area contributed by atoms with Crippen LogP contribution in [0.4, 0.5) is 5.95 Å². The van der Waals surface area contributed by atoms with Gasteiger partial charge in [0.1, 0.15) is 5.52 Å². The van der Waals surface area contributed by atoms with Crippen LogP contribution in [0.2, 0.25) is 0 Å². The van der Waals surface area contributed by atoms with Crippen LogP contribution in [0.3, 0.4) is 0 Å². The van der Waals surface area contributed by atoms with Gasteiger partial charge in [0.25, 0.3) is 0 Å². The number of halogens is 1. The van der Waals surface area contributed by atoms with Gasteiger partial charge in [0, 0.05) is 11.5 Å². The number of hydrogen-bond donors (Lipinski definition) is 1. The topological polar surface area (TPSA) is 61.7 Å². The Morgan fingerprint density at radius 3 is 2.43 bits per heavy atom. The van der Waals surface area contributed by atoms with Gasteiger partial charge in [0.2, 0.25) is 5.95 Å². The number of benzene rings is 1. The normalized spacial score (nSPS) is 11.5. The van der Waals surface area contributed by atoms with Gasteiger partial charge in [-0.1, -0.05) is 22.9 Å². The fourth-order valence-corrected chi connectivity index (χ4v) is 2.97. The quantitative estimate of drug-likeness (QED) is 0.773. The summed E-state index contributed by atoms with van der Waals surface area (Å²) in [4.78, 5) is 4.51. The van der Waals surface area contributed by atoms with Gasteiger partial charge in [-0.2, -0.15) is 5.10 Å². The maximum atomic E-state index is 6.16. The Balaban J connectivity index is 2.35. The number of aromatic nitrogens is 4. The van der Waals surface area contributed by atoms with E-state index in [1.165, 1.54) is 11.1 Å². The number of nitrogen functional groups attached to an aromatic ring is 1. The van der Waals surface area contributed by atoms with Gasteiger partial charge in [-0.3, -0.25) is 4.57 Å². The molecule has 0 saturated heterocycles. The predicted molar refractivity (Wildman–Crippen MR) is 88.8 cm³/mol. The number of imidazole rings is 1. The van der Waals surface area contributed by atoms with E-state index in [9.17, 15) is 0 Å². The molecule has 0 amide bonds. The lowest BCUT2D eigenvalue weighted by atomic mass is 10.1. The van der Waals surface area contributed by atoms with E-state index in [4.69, 9.17) is 5.73 Å². The highest BCUT2D eigenvalue weighted by Crippen LogP contribution is 2.29. The lowest BCUT2D eigenvalue weighted by Gasteiger charge is -2.11. The molecule has 110 valence electrons. The minimum Gasteiger partial charge on any atom is -0.369 e. The molecule has 0 unspecified atom stereocenters. The molecule has 0 spiro atoms. The molecule has 0 fully saturated rings. The second kappa shape index (κ2) is 4.87. The zero-order chi connectivity index (χ0) is 15.3. The van der Waals surface area contributed by atoms with Crippen molar-refractivity contribution >= 4 is 33.0 Å². The van der Waals surface area contributed by atoms with Crippen molar-refractivity contribution in [3.8, 4) is 5.69 Å². The van der Waals surface area contributed by atoms with Gasteiger partial charge in [-0.15, -0.1) is 0 Å². The van der Waals surface area contributed by atoms with Gasteiger partial charge in [-0.25, -0.2) is 9.67 Å². The van der Waals surface area contributed by atoms with E-state index >= 15 is 0 Å². The zero-order valence-corrected chi connectivity index (χ0v) is 14.2. The molecule has 5 nitrogen and oxygen atoms in total. The molecule has 0 saturated carbocycles. The van der Waals surface area contributed by atoms with Crippen molar-refractivity contribution in [1.29, 1.82) is 0 Å². The third-order valence-electron chi connectivity index (χ3n) is 3.74. The summed E-state index contributed by atoms with van der Waals surface area (Å²) >= 11 is 3.60. The minimum absolute atomic E-state index is 0.494. The lowest BCUT2D eigenvalue weighted by molar-refractivity contribution is 0.751. The third-order valence-corrected chi connectivity index (χ3v) is 4.99. The standard InChI is InChI=1S/C15H18BrN5/c1-5-11-13-14(20(4)19-11)21(15(17)18-13)10-6-8(2)12(16)9(3)7-10/h6-7H,5H2,1-4H3,(H2,17,18). The first kappa shape index (κ1) is 14.1. The van der Waals surface area contributed by atoms with E-state index in [0.717, 1.165) is 33.4 Å². The summed E-state index contributed by atoms with van der Waals surface area (Å²) in [5.41, 5.74) is 12.3. The summed E-state index contributed by atoms with van der Waals surface area (Å²) < 4.78 is 4.94. The number of fused-ring (bicyclic) bond motifs is 1. The maximum Gasteiger partial charge on any atom is 0.207 e. The van der Waals surface area contributed by atoms with Crippen LogP contribution in [0.5, 0.6) is 0 Å². The Hall–Kier alpha value is -1.82. The molecule has 2 heterocycles. The van der Waals surface area contributed by atoms with Crippen LogP contribution >= 0.6 is 15.9 Å². The molecule has 0 bridgehead atoms. The highest BCUT2D eigenvalue weighted by molar-refractivity contribution is 9.10. The molecule has 0 radical (unpaired) electrons. The second-order valence-electron chi connectivity index (χ2n) is 5.30. The molecule has 3 rings (SSSR count). The summed E-state index contributed by atoms with van der Waals surface area (Å²) in [5, 5.41) is 4.53. The van der Waals surface area contributed by atoms with Crippen molar-refractivity contribution < 1.29 is 0 Å². The number of anilines is 1. The molecule has 2 aromatic heterocycles. The zero-order valence-electron chi connectivity index (χ0n) is 12.6. The fourth-order valence-electron chi connectivity index (χ4n) is 2.74. The highest BCUT2D eigenvalue weighted by atomic mass is 79.9. The first-order valence-electron chi connectivity index (χ1n) is 6.91. The molecule has 1 aromatic carbocycles. The smallest absolute Gasteiger partial charge is 0.207 e. The summed E-state index contributed by atoms with van der Waals surface area (Å²) in [6.45, 7) is 6.22. The van der Waals surface area contributed by atoms with Gasteiger partial charge in [0.05, 0.1) is 11.4 Å². The van der Waals surface area contributed by atoms with Crippen LogP contribution in [-0.4, -0.2) is 19.3 Å². The van der Waals surface area contributed by atoms with E-state index in [-0.39, 0.29) is 0 Å². The van der Waals surface area contributed by atoms with Crippen molar-refractivity contribution in [3.05, 3.63) is 33.4 Å². The van der Waals surface area contributed by atoms with Crippen molar-refractivity contribution in [3.63, 3.8) is 0 Å². The van der Waals surface area contributed by atoms with Crippen molar-refractivity contribution in [2.75, 3.05) is 5.73 Å². The molecule has 21 heavy (non-hydrogen) atoms. The second-order valence-corrected chi connectivity index (χ2v) is 6.09. The molecule has 0 aliphatic rings. The van der Waals surface area contributed by atoms with Gasteiger partial charge >= 0.3 is 0 Å². The molecule has 2 N–H and O–H groups in total. The Morgan fingerprint density at radius 2 is 1.86 bits per heavy atom. The van der Waals surface area contributed by atoms with E-state index in [2.05, 4.69) is 58.9 Å². The number of nitrogens with two attached hydrogens (primary N) is 1. The molecule has 0 aliphatic carbocycles. The van der Waals surface area contributed by atoms with Crippen LogP contribution in [-0.2, 0) is 13.5 Å². The summed E-state index contributed by atoms with van der Waals surface area (Å²) in [5.74, 6) is 0.494. The Morgan fingerprint density at radius 1 is 1.24 bits per heavy atom. The summed E-state index contributed by atoms with van der Waals surface area (Å²) in [6, 6.07) is 4.21. The Bertz CT molecular complexity index is 820. The molecule has 3 aromatic rings. The Labute approximate surface area is 131 Å². The highest BCUT2D eigenvalue weighted by Gasteiger charge is 2.18. The summed E-state index contributed by atoms with van der Waals surface area (Å²) in [7, 11) is 1.93. The molecular formula is C15H18BrN5. The van der Waals surface area contributed by atoms with E-state index < -0.39 is 0 Å². The first-order valence-corrected chi connectivity index (χ1v) is 7.70. The van der Waals surface area contributed by atoms with Crippen LogP contribution < -0.4 is 5.73 Å². The van der Waals surface area contributed by atoms with E-state index in [1.54, 1.807) is 0 Å². The molecule has 0 aliphatic heterocycles. The third kappa shape index (κ3) is 2.05. The van der Waals surface area contributed by atoms with Crippen LogP contribution in [0.15, 0.2) is 16.6 Å². The number of rotatable bonds is 2. The molecular weight excluding hydrogens is 330 g/mol. The van der Waals surface area contributed by atoms with Crippen molar-refractivity contribution in [2.24, 2.45) is 7.05 Å². The first-order chi connectivity index (χ1) is 9.93. The van der Waals surface area contributed by atoms with E-state index in [0.29, 0.717) is 5.95 Å². The van der Waals surface area contributed by atoms with Crippen LogP contribution in [0, 0.1) is 13.8 Å².